The average Bonchev–Trinajstić information content (AvgIpc) is 2.50. The van der Waals surface area contributed by atoms with E-state index in [4.69, 9.17) is 34.8 Å². The van der Waals surface area contributed by atoms with Crippen molar-refractivity contribution in [2.75, 3.05) is 0 Å². The Hall–Kier alpha value is -1.95. The number of hydrazone groups is 1. The van der Waals surface area contributed by atoms with Crippen molar-refractivity contribution in [1.29, 1.82) is 0 Å². The van der Waals surface area contributed by atoms with Crippen molar-refractivity contribution < 1.29 is 15.0 Å². The summed E-state index contributed by atoms with van der Waals surface area (Å²) in [6.45, 7) is 1.56. The third kappa shape index (κ3) is 4.07. The fourth-order valence-electron chi connectivity index (χ4n) is 1.79. The van der Waals surface area contributed by atoms with Gasteiger partial charge in [0.25, 0.3) is 5.91 Å². The van der Waals surface area contributed by atoms with Crippen LogP contribution in [0.5, 0.6) is 11.5 Å². The second-order valence-corrected chi connectivity index (χ2v) is 5.86. The second-order valence-electron chi connectivity index (χ2n) is 4.58. The Morgan fingerprint density at radius 1 is 1.04 bits per heavy atom. The zero-order chi connectivity index (χ0) is 17.1. The average molecular weight is 374 g/mol. The first-order chi connectivity index (χ1) is 10.8. The van der Waals surface area contributed by atoms with Gasteiger partial charge < -0.3 is 10.2 Å². The summed E-state index contributed by atoms with van der Waals surface area (Å²) in [4.78, 5) is 12.0. The lowest BCUT2D eigenvalue weighted by Crippen LogP contribution is -2.19. The maximum absolute atomic E-state index is 12.0. The van der Waals surface area contributed by atoms with Gasteiger partial charge in [0.15, 0.2) is 0 Å². The van der Waals surface area contributed by atoms with Crippen LogP contribution >= 0.6 is 34.8 Å². The quantitative estimate of drug-likeness (QED) is 0.557. The van der Waals surface area contributed by atoms with E-state index in [-0.39, 0.29) is 33.4 Å². The molecular weight excluding hydrogens is 363 g/mol. The van der Waals surface area contributed by atoms with Gasteiger partial charge >= 0.3 is 0 Å². The van der Waals surface area contributed by atoms with Gasteiger partial charge in [-0.05, 0) is 37.3 Å². The van der Waals surface area contributed by atoms with E-state index >= 15 is 0 Å². The summed E-state index contributed by atoms with van der Waals surface area (Å²) in [5.41, 5.74) is 2.79. The molecule has 8 heteroatoms. The standard InChI is InChI=1S/C15H11Cl3N2O3/c1-7(10-5-9(17)6-12(18)14(10)22)19-20-15(23)11-4-8(16)2-3-13(11)21/h2-6,21-22H,1H3,(H,20,23)/b19-7+. The molecule has 0 aliphatic heterocycles. The molecule has 5 nitrogen and oxygen atoms in total. The van der Waals surface area contributed by atoms with Crippen LogP contribution in [0.1, 0.15) is 22.8 Å². The molecule has 0 fully saturated rings. The number of carbonyl (C=O) groups excluding carboxylic acids is 1. The van der Waals surface area contributed by atoms with Crippen molar-refractivity contribution in [3.8, 4) is 11.5 Å². The number of hydrogen-bond acceptors (Lipinski definition) is 4. The van der Waals surface area contributed by atoms with E-state index in [1.165, 1.54) is 30.3 Å². The van der Waals surface area contributed by atoms with Crippen LogP contribution in [0.15, 0.2) is 35.4 Å². The first kappa shape index (κ1) is 17.4. The van der Waals surface area contributed by atoms with Crippen LogP contribution < -0.4 is 5.43 Å². The Kier molecular flexibility index (Phi) is 5.36. The molecule has 120 valence electrons. The van der Waals surface area contributed by atoms with Crippen LogP contribution in [0.3, 0.4) is 0 Å². The molecule has 0 aliphatic carbocycles. The number of halogens is 3. The van der Waals surface area contributed by atoms with Crippen LogP contribution in [-0.2, 0) is 0 Å². The molecule has 0 radical (unpaired) electrons. The van der Waals surface area contributed by atoms with E-state index in [0.29, 0.717) is 10.0 Å². The lowest BCUT2D eigenvalue weighted by atomic mass is 10.1. The fourth-order valence-corrected chi connectivity index (χ4v) is 2.45. The Bertz CT molecular complexity index is 807. The van der Waals surface area contributed by atoms with Crippen molar-refractivity contribution in [3.63, 3.8) is 0 Å². The molecular formula is C15H11Cl3N2O3. The van der Waals surface area contributed by atoms with Crippen LogP contribution in [-0.4, -0.2) is 21.8 Å². The summed E-state index contributed by atoms with van der Waals surface area (Å²) < 4.78 is 0. The van der Waals surface area contributed by atoms with Gasteiger partial charge in [0, 0.05) is 15.6 Å². The van der Waals surface area contributed by atoms with Crippen LogP contribution in [0.4, 0.5) is 0 Å². The number of carbonyl (C=O) groups is 1. The van der Waals surface area contributed by atoms with E-state index < -0.39 is 5.91 Å². The number of rotatable bonds is 3. The van der Waals surface area contributed by atoms with Crippen molar-refractivity contribution in [3.05, 3.63) is 56.5 Å². The highest BCUT2D eigenvalue weighted by atomic mass is 35.5. The molecule has 3 N–H and O–H groups in total. The van der Waals surface area contributed by atoms with Crippen molar-refractivity contribution in [2.24, 2.45) is 5.10 Å². The molecule has 0 saturated carbocycles. The lowest BCUT2D eigenvalue weighted by Gasteiger charge is -2.08. The summed E-state index contributed by atoms with van der Waals surface area (Å²) in [5, 5.41) is 24.1. The topological polar surface area (TPSA) is 81.9 Å². The summed E-state index contributed by atoms with van der Waals surface area (Å²) >= 11 is 17.5. The number of nitrogens with zero attached hydrogens (tertiary/aromatic N) is 1. The maximum atomic E-state index is 12.0. The molecule has 2 aromatic rings. The van der Waals surface area contributed by atoms with Gasteiger partial charge in [-0.3, -0.25) is 4.79 Å². The SMILES string of the molecule is C/C(=N\NC(=O)c1cc(Cl)ccc1O)c1cc(Cl)cc(Cl)c1O. The minimum atomic E-state index is -0.656. The molecule has 2 aromatic carbocycles. The van der Waals surface area contributed by atoms with Gasteiger partial charge in [0.05, 0.1) is 16.3 Å². The second kappa shape index (κ2) is 7.08. The number of phenolic OH excluding ortho intramolecular Hbond substituents is 2. The Morgan fingerprint density at radius 3 is 2.39 bits per heavy atom. The van der Waals surface area contributed by atoms with Gasteiger partial charge in [0.1, 0.15) is 11.5 Å². The summed E-state index contributed by atoms with van der Waals surface area (Å²) in [6.07, 6.45) is 0. The Labute approximate surface area is 147 Å². The zero-order valence-corrected chi connectivity index (χ0v) is 14.0. The predicted molar refractivity (Wildman–Crippen MR) is 90.9 cm³/mol. The molecule has 1 amide bonds. The van der Waals surface area contributed by atoms with Crippen molar-refractivity contribution in [1.82, 2.24) is 5.43 Å². The number of hydrogen-bond donors (Lipinski definition) is 3. The van der Waals surface area contributed by atoms with Crippen molar-refractivity contribution in [2.45, 2.75) is 6.92 Å². The zero-order valence-electron chi connectivity index (χ0n) is 11.8. The summed E-state index contributed by atoms with van der Waals surface area (Å²) in [5.74, 6) is -1.08. The Balaban J connectivity index is 2.26. The number of aromatic hydroxyl groups is 2. The molecule has 0 atom stereocenters. The normalized spacial score (nSPS) is 11.4. The molecule has 0 aromatic heterocycles. The van der Waals surface area contributed by atoms with Gasteiger partial charge in [-0.15, -0.1) is 0 Å². The molecule has 0 saturated heterocycles. The van der Waals surface area contributed by atoms with E-state index in [2.05, 4.69) is 10.5 Å². The van der Waals surface area contributed by atoms with E-state index in [9.17, 15) is 15.0 Å². The highest BCUT2D eigenvalue weighted by molar-refractivity contribution is 6.36. The summed E-state index contributed by atoms with van der Waals surface area (Å²) in [7, 11) is 0. The molecule has 0 spiro atoms. The van der Waals surface area contributed by atoms with Crippen LogP contribution in [0.25, 0.3) is 0 Å². The van der Waals surface area contributed by atoms with Crippen molar-refractivity contribution >= 4 is 46.4 Å². The minimum absolute atomic E-state index is 0.0256. The van der Waals surface area contributed by atoms with Gasteiger partial charge in [-0.1, -0.05) is 34.8 Å². The molecule has 0 aliphatic rings. The monoisotopic (exact) mass is 372 g/mol. The lowest BCUT2D eigenvalue weighted by molar-refractivity contribution is 0.0952. The number of benzene rings is 2. The molecule has 0 unspecified atom stereocenters. The highest BCUT2D eigenvalue weighted by Gasteiger charge is 2.13. The van der Waals surface area contributed by atoms with Crippen LogP contribution in [0, 0.1) is 0 Å². The number of phenols is 2. The molecule has 2 rings (SSSR count). The maximum Gasteiger partial charge on any atom is 0.275 e. The van der Waals surface area contributed by atoms with Gasteiger partial charge in [-0.25, -0.2) is 5.43 Å². The van der Waals surface area contributed by atoms with E-state index in [1.54, 1.807) is 6.92 Å². The largest absolute Gasteiger partial charge is 0.507 e. The first-order valence-electron chi connectivity index (χ1n) is 6.31. The predicted octanol–water partition coefficient (Wildman–Crippen LogP) is 4.21. The number of amides is 1. The van der Waals surface area contributed by atoms with Crippen LogP contribution in [0.2, 0.25) is 15.1 Å². The molecule has 0 heterocycles. The van der Waals surface area contributed by atoms with Gasteiger partial charge in [-0.2, -0.15) is 5.10 Å². The smallest absolute Gasteiger partial charge is 0.275 e. The highest BCUT2D eigenvalue weighted by Crippen LogP contribution is 2.31. The Morgan fingerprint density at radius 2 is 1.70 bits per heavy atom. The van der Waals surface area contributed by atoms with Gasteiger partial charge in [0.2, 0.25) is 0 Å². The number of nitrogens with one attached hydrogen (secondary N) is 1. The first-order valence-corrected chi connectivity index (χ1v) is 7.44. The van der Waals surface area contributed by atoms with E-state index in [0.717, 1.165) is 0 Å². The molecule has 23 heavy (non-hydrogen) atoms. The minimum Gasteiger partial charge on any atom is -0.507 e. The third-order valence-corrected chi connectivity index (χ3v) is 3.69. The van der Waals surface area contributed by atoms with E-state index in [1.807, 2.05) is 0 Å². The fraction of sp³-hybridized carbons (Fsp3) is 0.0667. The summed E-state index contributed by atoms with van der Waals surface area (Å²) in [6, 6.07) is 6.91. The third-order valence-electron chi connectivity index (χ3n) is 2.95. The molecule has 0 bridgehead atoms.